The lowest BCUT2D eigenvalue weighted by Crippen LogP contribution is -2.57. The second-order valence-electron chi connectivity index (χ2n) is 4.30. The zero-order chi connectivity index (χ0) is 16.9. The molecule has 22 heavy (non-hydrogen) atoms. The number of oxime groups is 1. The molecule has 0 aliphatic carbocycles. The van der Waals surface area contributed by atoms with E-state index >= 15 is 0 Å². The molecule has 5 N–H and O–H groups in total. The van der Waals surface area contributed by atoms with Gasteiger partial charge in [-0.2, -0.15) is 8.42 Å². The van der Waals surface area contributed by atoms with Crippen LogP contribution in [0.15, 0.2) is 17.8 Å². The van der Waals surface area contributed by atoms with Crippen LogP contribution in [0.3, 0.4) is 0 Å². The Morgan fingerprint density at radius 3 is 2.45 bits per heavy atom. The number of hydrogen-bond donors (Lipinski definition) is 5. The molecule has 0 saturated carbocycles. The van der Waals surface area contributed by atoms with Crippen LogP contribution in [0.25, 0.3) is 0 Å². The zero-order valence-electron chi connectivity index (χ0n) is 11.2. The fourth-order valence-corrected chi connectivity index (χ4v) is 2.91. The maximum atomic E-state index is 10.5. The molecule has 1 heterocycles. The van der Waals surface area contributed by atoms with E-state index in [4.69, 9.17) is 14.4 Å². The minimum atomic E-state index is -4.79. The van der Waals surface area contributed by atoms with Crippen LogP contribution in [0, 0.1) is 0 Å². The summed E-state index contributed by atoms with van der Waals surface area (Å²) in [6.07, 6.45) is -4.34. The van der Waals surface area contributed by atoms with E-state index in [0.29, 0.717) is 11.8 Å². The summed E-state index contributed by atoms with van der Waals surface area (Å²) < 4.78 is 38.5. The molecule has 10 nitrogen and oxygen atoms in total. The fourth-order valence-electron chi connectivity index (χ4n) is 1.62. The fraction of sp³-hybridized carbons (Fsp3) is 0.700. The normalized spacial score (nSPS) is 33.5. The van der Waals surface area contributed by atoms with E-state index in [1.165, 1.54) is 6.08 Å². The van der Waals surface area contributed by atoms with Crippen molar-refractivity contribution in [3.05, 3.63) is 12.7 Å². The summed E-state index contributed by atoms with van der Waals surface area (Å²) in [6, 6.07) is 0. The molecular weight excluding hydrogens is 342 g/mol. The predicted octanol–water partition coefficient (Wildman–Crippen LogP) is -1.77. The lowest BCUT2D eigenvalue weighted by atomic mass is 10.0. The van der Waals surface area contributed by atoms with Crippen molar-refractivity contribution in [2.45, 2.75) is 36.3 Å². The first kappa shape index (κ1) is 19.3. The third-order valence-electron chi connectivity index (χ3n) is 2.65. The van der Waals surface area contributed by atoms with Gasteiger partial charge in [-0.1, -0.05) is 23.0 Å². The number of hydrogen-bond acceptors (Lipinski definition) is 10. The number of nitrogens with zero attached hydrogens (tertiary/aromatic N) is 1. The maximum absolute atomic E-state index is 10.5. The van der Waals surface area contributed by atoms with Crippen molar-refractivity contribution < 1.29 is 42.4 Å². The Balaban J connectivity index is 2.85. The van der Waals surface area contributed by atoms with E-state index < -0.39 is 46.9 Å². The second kappa shape index (κ2) is 8.21. The van der Waals surface area contributed by atoms with Crippen molar-refractivity contribution in [3.8, 4) is 0 Å². The van der Waals surface area contributed by atoms with Crippen molar-refractivity contribution in [1.29, 1.82) is 0 Å². The Hall–Kier alpha value is -0.730. The van der Waals surface area contributed by atoms with Crippen LogP contribution in [0.1, 0.15) is 6.42 Å². The van der Waals surface area contributed by atoms with E-state index in [9.17, 15) is 23.7 Å². The van der Waals surface area contributed by atoms with Gasteiger partial charge in [-0.15, -0.1) is 6.58 Å². The first-order valence-electron chi connectivity index (χ1n) is 6.00. The Morgan fingerprint density at radius 2 is 1.95 bits per heavy atom. The van der Waals surface area contributed by atoms with Gasteiger partial charge in [0.2, 0.25) is 0 Å². The van der Waals surface area contributed by atoms with Gasteiger partial charge in [0.25, 0.3) is 0 Å². The summed E-state index contributed by atoms with van der Waals surface area (Å²) >= 11 is 0.688. The highest BCUT2D eigenvalue weighted by Crippen LogP contribution is 2.30. The van der Waals surface area contributed by atoms with E-state index in [2.05, 4.69) is 16.0 Å². The molecular formula is C10H17NO9S2. The van der Waals surface area contributed by atoms with Crippen molar-refractivity contribution in [2.24, 2.45) is 5.16 Å². The maximum Gasteiger partial charge on any atom is 0.466 e. The Bertz CT molecular complexity index is 507. The molecule has 1 aliphatic rings. The molecule has 1 fully saturated rings. The highest BCUT2D eigenvalue weighted by molar-refractivity contribution is 8.14. The van der Waals surface area contributed by atoms with Gasteiger partial charge in [0, 0.05) is 6.42 Å². The SMILES string of the molecule is C=CC/C(=N/OS(=O)(=O)O)S[C@@H]1O[C@@H](CO)[C@@H](O)[C@@H](O)[C@H]1O. The standard InChI is InChI=1S/C10H17NO9S2/c1-2-3-6(11-20-22(16,17)18)21-10-9(15)8(14)7(13)5(4-12)19-10/h2,5,7-10,12-15H,1,3-4H2,(H,16,17,18)/b11-6-/t5-,7+,8+,9+,10-/m0/s1. The number of allylic oxidation sites excluding steroid dienone is 1. The summed E-state index contributed by atoms with van der Waals surface area (Å²) in [6.45, 7) is 2.82. The number of aliphatic hydroxyl groups is 4. The first-order valence-corrected chi connectivity index (χ1v) is 8.25. The average Bonchev–Trinajstić information content (AvgIpc) is 2.44. The summed E-state index contributed by atoms with van der Waals surface area (Å²) in [4.78, 5) is 0. The van der Waals surface area contributed by atoms with E-state index in [1.54, 1.807) is 0 Å². The van der Waals surface area contributed by atoms with Gasteiger partial charge in [-0.3, -0.25) is 4.55 Å². The molecule has 1 rings (SSSR count). The Morgan fingerprint density at radius 1 is 1.32 bits per heavy atom. The van der Waals surface area contributed by atoms with E-state index in [0.717, 1.165) is 0 Å². The minimum absolute atomic E-state index is 0.0230. The first-order chi connectivity index (χ1) is 10.2. The van der Waals surface area contributed by atoms with Gasteiger partial charge in [-0.05, 0) is 0 Å². The molecule has 0 unspecified atom stereocenters. The van der Waals surface area contributed by atoms with Gasteiger partial charge >= 0.3 is 10.4 Å². The van der Waals surface area contributed by atoms with Crippen LogP contribution >= 0.6 is 11.8 Å². The highest BCUT2D eigenvalue weighted by atomic mass is 32.3. The largest absolute Gasteiger partial charge is 0.466 e. The molecule has 0 radical (unpaired) electrons. The zero-order valence-corrected chi connectivity index (χ0v) is 12.9. The molecule has 0 bridgehead atoms. The van der Waals surface area contributed by atoms with E-state index in [1.807, 2.05) is 0 Å². The Labute approximate surface area is 131 Å². The number of aliphatic hydroxyl groups excluding tert-OH is 4. The third-order valence-corrected chi connectivity index (χ3v) is 4.05. The smallest absolute Gasteiger partial charge is 0.394 e. The molecule has 0 amide bonds. The summed E-state index contributed by atoms with van der Waals surface area (Å²) in [5, 5.41) is 41.3. The van der Waals surface area contributed by atoms with Crippen LogP contribution < -0.4 is 0 Å². The number of ether oxygens (including phenoxy) is 1. The van der Waals surface area contributed by atoms with Gasteiger partial charge < -0.3 is 25.2 Å². The molecule has 5 atom stereocenters. The Kier molecular flexibility index (Phi) is 7.21. The lowest BCUT2D eigenvalue weighted by molar-refractivity contribution is -0.205. The molecule has 0 aromatic heterocycles. The molecule has 128 valence electrons. The number of rotatable bonds is 6. The van der Waals surface area contributed by atoms with Gasteiger partial charge in [0.15, 0.2) is 0 Å². The van der Waals surface area contributed by atoms with Crippen LogP contribution in [0.2, 0.25) is 0 Å². The van der Waals surface area contributed by atoms with Crippen LogP contribution in [-0.4, -0.2) is 74.9 Å². The van der Waals surface area contributed by atoms with Crippen LogP contribution in [-0.2, 0) is 19.4 Å². The van der Waals surface area contributed by atoms with Crippen LogP contribution in [0.5, 0.6) is 0 Å². The molecule has 1 aliphatic heterocycles. The third kappa shape index (κ3) is 5.48. The second-order valence-corrected chi connectivity index (χ2v) is 6.47. The van der Waals surface area contributed by atoms with Crippen LogP contribution in [0.4, 0.5) is 0 Å². The van der Waals surface area contributed by atoms with Gasteiger partial charge in [-0.25, -0.2) is 4.28 Å². The minimum Gasteiger partial charge on any atom is -0.394 e. The van der Waals surface area contributed by atoms with Gasteiger partial charge in [0.05, 0.1) is 6.61 Å². The van der Waals surface area contributed by atoms with E-state index in [-0.39, 0.29) is 11.5 Å². The summed E-state index contributed by atoms with van der Waals surface area (Å²) in [5.41, 5.74) is -1.15. The molecule has 0 spiro atoms. The molecule has 0 aromatic rings. The average molecular weight is 359 g/mol. The lowest BCUT2D eigenvalue weighted by Gasteiger charge is -2.39. The summed E-state index contributed by atoms with van der Waals surface area (Å²) in [7, 11) is -4.79. The topological polar surface area (TPSA) is 166 Å². The monoisotopic (exact) mass is 359 g/mol. The highest BCUT2D eigenvalue weighted by Gasteiger charge is 2.44. The van der Waals surface area contributed by atoms with Gasteiger partial charge in [0.1, 0.15) is 34.9 Å². The van der Waals surface area contributed by atoms with Crippen molar-refractivity contribution in [1.82, 2.24) is 0 Å². The molecule has 1 saturated heterocycles. The van der Waals surface area contributed by atoms with Crippen molar-refractivity contribution in [3.63, 3.8) is 0 Å². The van der Waals surface area contributed by atoms with Crippen molar-refractivity contribution in [2.75, 3.05) is 6.61 Å². The molecule has 12 heteroatoms. The summed E-state index contributed by atoms with van der Waals surface area (Å²) in [5.74, 6) is 0. The van der Waals surface area contributed by atoms with Crippen molar-refractivity contribution >= 4 is 27.2 Å². The molecule has 0 aromatic carbocycles. The number of thioether (sulfide) groups is 1. The predicted molar refractivity (Wildman–Crippen MR) is 76.2 cm³/mol. The quantitative estimate of drug-likeness (QED) is 0.120.